The van der Waals surface area contributed by atoms with E-state index < -0.39 is 0 Å². The molecule has 0 spiro atoms. The van der Waals surface area contributed by atoms with E-state index in [-0.39, 0.29) is 0 Å². The van der Waals surface area contributed by atoms with Gasteiger partial charge in [0.1, 0.15) is 0 Å². The Bertz CT molecular complexity index is 1420. The minimum absolute atomic E-state index is 1.24. The lowest BCUT2D eigenvalue weighted by Gasteiger charge is -2.13. The fourth-order valence-electron chi connectivity index (χ4n) is 4.47. The van der Waals surface area contributed by atoms with E-state index in [2.05, 4.69) is 136 Å². The molecule has 0 nitrogen and oxygen atoms in total. The summed E-state index contributed by atoms with van der Waals surface area (Å²) >= 11 is 0. The summed E-state index contributed by atoms with van der Waals surface area (Å²) in [5.74, 6) is 0. The maximum atomic E-state index is 2.33. The molecule has 0 heterocycles. The van der Waals surface area contributed by atoms with Gasteiger partial charge in [0, 0.05) is 0 Å². The van der Waals surface area contributed by atoms with Crippen molar-refractivity contribution >= 4 is 0 Å². The summed E-state index contributed by atoms with van der Waals surface area (Å²) in [5, 5.41) is 0. The summed E-state index contributed by atoms with van der Waals surface area (Å²) < 4.78 is 0. The van der Waals surface area contributed by atoms with Crippen molar-refractivity contribution in [1.29, 1.82) is 0 Å². The Morgan fingerprint density at radius 2 is 0.818 bits per heavy atom. The largest absolute Gasteiger partial charge is 0.0620 e. The van der Waals surface area contributed by atoms with Gasteiger partial charge < -0.3 is 0 Å². The molecule has 5 rings (SSSR count). The average molecular weight is 425 g/mol. The number of hydrogen-bond acceptors (Lipinski definition) is 0. The van der Waals surface area contributed by atoms with E-state index in [9.17, 15) is 0 Å². The number of rotatable bonds is 4. The molecule has 0 aromatic heterocycles. The first-order valence-electron chi connectivity index (χ1n) is 11.5. The van der Waals surface area contributed by atoms with E-state index in [1.54, 1.807) is 0 Å². The Hall–Kier alpha value is -3.90. The lowest BCUT2D eigenvalue weighted by molar-refractivity contribution is 1.41. The highest BCUT2D eigenvalue weighted by Gasteiger charge is 2.09. The van der Waals surface area contributed by atoms with Crippen molar-refractivity contribution in [2.24, 2.45) is 0 Å². The van der Waals surface area contributed by atoms with Gasteiger partial charge in [0.2, 0.25) is 0 Å². The summed E-state index contributed by atoms with van der Waals surface area (Å²) in [6.07, 6.45) is 0. The minimum Gasteiger partial charge on any atom is -0.0620 e. The van der Waals surface area contributed by atoms with E-state index >= 15 is 0 Å². The maximum Gasteiger partial charge on any atom is -0.0146 e. The SMILES string of the molecule is Cc1ccc(-c2cccc(-c3cccc(-c4ccc(C)c(-c5ccccc5C)c4)c3)c2)cc1. The smallest absolute Gasteiger partial charge is 0.0146 e. The van der Waals surface area contributed by atoms with Gasteiger partial charge in [-0.2, -0.15) is 0 Å². The predicted molar refractivity (Wildman–Crippen MR) is 142 cm³/mol. The van der Waals surface area contributed by atoms with Crippen LogP contribution < -0.4 is 0 Å². The lowest BCUT2D eigenvalue weighted by Crippen LogP contribution is -1.89. The van der Waals surface area contributed by atoms with E-state index in [0.717, 1.165) is 0 Å². The fourth-order valence-corrected chi connectivity index (χ4v) is 4.47. The topological polar surface area (TPSA) is 0 Å². The second-order valence-electron chi connectivity index (χ2n) is 8.87. The van der Waals surface area contributed by atoms with Gasteiger partial charge in [-0.05, 0) is 94.6 Å². The molecule has 0 aliphatic carbocycles. The van der Waals surface area contributed by atoms with Gasteiger partial charge in [-0.25, -0.2) is 0 Å². The van der Waals surface area contributed by atoms with E-state index in [4.69, 9.17) is 0 Å². The molecule has 0 aliphatic rings. The first-order valence-corrected chi connectivity index (χ1v) is 11.5. The van der Waals surface area contributed by atoms with E-state index in [1.165, 1.54) is 61.2 Å². The van der Waals surface area contributed by atoms with Crippen LogP contribution in [-0.4, -0.2) is 0 Å². The Morgan fingerprint density at radius 1 is 0.333 bits per heavy atom. The number of aryl methyl sites for hydroxylation is 3. The molecule has 0 saturated carbocycles. The van der Waals surface area contributed by atoms with Gasteiger partial charge in [0.25, 0.3) is 0 Å². The van der Waals surface area contributed by atoms with Crippen LogP contribution in [0.4, 0.5) is 0 Å². The first-order chi connectivity index (χ1) is 16.1. The molecule has 0 fully saturated rings. The van der Waals surface area contributed by atoms with Gasteiger partial charge in [-0.1, -0.05) is 103 Å². The fraction of sp³-hybridized carbons (Fsp3) is 0.0909. The Balaban J connectivity index is 1.53. The Labute approximate surface area is 197 Å². The van der Waals surface area contributed by atoms with Gasteiger partial charge in [0.15, 0.2) is 0 Å². The van der Waals surface area contributed by atoms with Crippen LogP contribution in [0, 0.1) is 20.8 Å². The molecule has 5 aromatic rings. The Kier molecular flexibility index (Phi) is 5.67. The highest BCUT2D eigenvalue weighted by molar-refractivity contribution is 5.80. The van der Waals surface area contributed by atoms with Crippen molar-refractivity contribution < 1.29 is 0 Å². The van der Waals surface area contributed by atoms with Crippen LogP contribution in [0.3, 0.4) is 0 Å². The van der Waals surface area contributed by atoms with Crippen molar-refractivity contribution in [3.63, 3.8) is 0 Å². The zero-order valence-electron chi connectivity index (χ0n) is 19.5. The molecule has 0 amide bonds. The third kappa shape index (κ3) is 4.38. The van der Waals surface area contributed by atoms with Crippen LogP contribution in [0.1, 0.15) is 16.7 Å². The summed E-state index contributed by atoms with van der Waals surface area (Å²) in [4.78, 5) is 0. The second-order valence-corrected chi connectivity index (χ2v) is 8.87. The summed E-state index contributed by atoms with van der Waals surface area (Å²) in [6.45, 7) is 6.50. The molecule has 0 aliphatic heterocycles. The second kappa shape index (κ2) is 8.92. The molecule has 0 heteroatoms. The molecule has 0 unspecified atom stereocenters. The number of hydrogen-bond donors (Lipinski definition) is 0. The average Bonchev–Trinajstić information content (AvgIpc) is 2.85. The van der Waals surface area contributed by atoms with Crippen molar-refractivity contribution in [1.82, 2.24) is 0 Å². The van der Waals surface area contributed by atoms with Crippen LogP contribution in [0.2, 0.25) is 0 Å². The molecular formula is C33H28. The minimum atomic E-state index is 1.24. The standard InChI is InChI=1S/C33H28/c1-23-14-17-26(18-15-23)27-9-6-10-28(20-27)29-11-7-12-30(21-29)31-19-16-25(3)33(22-31)32-13-5-4-8-24(32)2/h4-22H,1-3H3. The van der Waals surface area contributed by atoms with Gasteiger partial charge in [0.05, 0.1) is 0 Å². The molecule has 0 bridgehead atoms. The van der Waals surface area contributed by atoms with Crippen molar-refractivity contribution in [2.45, 2.75) is 20.8 Å². The van der Waals surface area contributed by atoms with Gasteiger partial charge in [-0.15, -0.1) is 0 Å². The summed E-state index contributed by atoms with van der Waals surface area (Å²) in [7, 11) is 0. The number of benzene rings is 5. The third-order valence-corrected chi connectivity index (χ3v) is 6.45. The Morgan fingerprint density at radius 3 is 1.42 bits per heavy atom. The molecule has 0 saturated heterocycles. The molecule has 0 radical (unpaired) electrons. The van der Waals surface area contributed by atoms with Crippen molar-refractivity contribution in [2.75, 3.05) is 0 Å². The zero-order chi connectivity index (χ0) is 22.8. The molecule has 0 N–H and O–H groups in total. The quantitative estimate of drug-likeness (QED) is 0.270. The van der Waals surface area contributed by atoms with E-state index in [0.29, 0.717) is 0 Å². The van der Waals surface area contributed by atoms with E-state index in [1.807, 2.05) is 0 Å². The van der Waals surface area contributed by atoms with Crippen LogP contribution in [0.25, 0.3) is 44.5 Å². The first kappa shape index (κ1) is 21.0. The zero-order valence-corrected chi connectivity index (χ0v) is 19.5. The molecule has 5 aromatic carbocycles. The lowest BCUT2D eigenvalue weighted by atomic mass is 9.91. The highest BCUT2D eigenvalue weighted by Crippen LogP contribution is 2.33. The third-order valence-electron chi connectivity index (χ3n) is 6.45. The monoisotopic (exact) mass is 424 g/mol. The molecule has 33 heavy (non-hydrogen) atoms. The normalized spacial score (nSPS) is 10.9. The van der Waals surface area contributed by atoms with Gasteiger partial charge >= 0.3 is 0 Å². The van der Waals surface area contributed by atoms with Crippen LogP contribution >= 0.6 is 0 Å². The van der Waals surface area contributed by atoms with Crippen LogP contribution in [-0.2, 0) is 0 Å². The highest BCUT2D eigenvalue weighted by atomic mass is 14.1. The van der Waals surface area contributed by atoms with Crippen LogP contribution in [0.5, 0.6) is 0 Å². The van der Waals surface area contributed by atoms with Crippen LogP contribution in [0.15, 0.2) is 115 Å². The molecule has 160 valence electrons. The summed E-state index contributed by atoms with van der Waals surface area (Å²) in [6, 6.07) is 41.9. The molecular weight excluding hydrogens is 396 g/mol. The predicted octanol–water partition coefficient (Wildman–Crippen LogP) is 9.28. The molecule has 0 atom stereocenters. The maximum absolute atomic E-state index is 2.33. The van der Waals surface area contributed by atoms with Crippen molar-refractivity contribution in [3.05, 3.63) is 132 Å². The summed E-state index contributed by atoms with van der Waals surface area (Å²) in [5.41, 5.74) is 13.9. The van der Waals surface area contributed by atoms with Gasteiger partial charge in [-0.3, -0.25) is 0 Å². The van der Waals surface area contributed by atoms with Crippen molar-refractivity contribution in [3.8, 4) is 44.5 Å².